The Bertz CT molecular complexity index is 377. The van der Waals surface area contributed by atoms with Gasteiger partial charge >= 0.3 is 35.6 Å². The molecule has 2 aliphatic carbocycles. The van der Waals surface area contributed by atoms with Crippen LogP contribution < -0.4 is 0 Å². The molecule has 0 spiro atoms. The predicted molar refractivity (Wildman–Crippen MR) is 95.1 cm³/mol. The van der Waals surface area contributed by atoms with Gasteiger partial charge in [0.15, 0.2) is 0 Å². The molecule has 1 saturated carbocycles. The number of halogens is 2. The number of nitrogens with zero attached hydrogens (tertiary/aromatic N) is 1. The number of fused-ring (bicyclic) bond motifs is 1. The van der Waals surface area contributed by atoms with Gasteiger partial charge in [-0.15, -0.1) is 5.54 Å². The van der Waals surface area contributed by atoms with Gasteiger partial charge in [0.1, 0.15) is 0 Å². The van der Waals surface area contributed by atoms with Crippen LogP contribution in [-0.4, -0.2) is 13.8 Å². The van der Waals surface area contributed by atoms with E-state index < -0.39 is 25.3 Å². The van der Waals surface area contributed by atoms with Crippen LogP contribution in [0.2, 0.25) is 19.1 Å². The molecule has 1 fully saturated rings. The van der Waals surface area contributed by atoms with E-state index in [2.05, 4.69) is 58.2 Å². The summed E-state index contributed by atoms with van der Waals surface area (Å²) < 4.78 is 0. The Morgan fingerprint density at radius 2 is 1.71 bits per heavy atom. The standard InChI is InChI=1S/C16H28NSi.2ClH.Ti/c1-16(2,3)17-18(4,5)12-14-11-10-13-8-6-7-9-15(13)14;;;/h6-9,13-15H,10-12H2,1-5H3;2*1H;/q-1;;;+2/p-2. The number of allylic oxidation sites excluding steroid dienone is 4. The van der Waals surface area contributed by atoms with Crippen LogP contribution in [0, 0.1) is 17.8 Å². The number of hydrogen-bond acceptors (Lipinski definition) is 0. The van der Waals surface area contributed by atoms with E-state index >= 15 is 0 Å². The number of rotatable bonds is 3. The van der Waals surface area contributed by atoms with E-state index in [0.717, 1.165) is 17.8 Å². The van der Waals surface area contributed by atoms with Gasteiger partial charge < -0.3 is 4.98 Å². The third-order valence-corrected chi connectivity index (χ3v) is 6.91. The summed E-state index contributed by atoms with van der Waals surface area (Å²) in [5.74, 6) is 2.50. The molecule has 0 N–H and O–H groups in total. The minimum absolute atomic E-state index is 0.135. The molecular formula is C16H28Cl2NSiTi-. The first-order chi connectivity index (χ1) is 9.68. The summed E-state index contributed by atoms with van der Waals surface area (Å²) in [6.07, 6.45) is 12.1. The Morgan fingerprint density at radius 1 is 1.14 bits per heavy atom. The Labute approximate surface area is 148 Å². The summed E-state index contributed by atoms with van der Waals surface area (Å²) in [4.78, 5) is 5.14. The SMILES string of the molecule is CC(C)(C)[N-][Si](C)(C)CC1CCC2C=CC=CC21.[Cl][Ti][Cl]. The zero-order valence-electron chi connectivity index (χ0n) is 13.9. The quantitative estimate of drug-likeness (QED) is 0.495. The monoisotopic (exact) mass is 380 g/mol. The Balaban J connectivity index is 0.000000677. The summed E-state index contributed by atoms with van der Waals surface area (Å²) in [5, 5.41) is 0. The fourth-order valence-corrected chi connectivity index (χ4v) is 7.56. The molecule has 0 heterocycles. The summed E-state index contributed by atoms with van der Waals surface area (Å²) in [5.41, 5.74) is 0.135. The summed E-state index contributed by atoms with van der Waals surface area (Å²) in [6, 6.07) is 1.36. The van der Waals surface area contributed by atoms with Gasteiger partial charge in [-0.2, -0.15) is 0 Å². The molecule has 5 heteroatoms. The van der Waals surface area contributed by atoms with Crippen molar-refractivity contribution >= 4 is 26.8 Å². The number of hydrogen-bond donors (Lipinski definition) is 0. The first-order valence-corrected chi connectivity index (χ1v) is 15.2. The van der Waals surface area contributed by atoms with Crippen molar-refractivity contribution in [1.82, 2.24) is 0 Å². The molecule has 0 radical (unpaired) electrons. The maximum atomic E-state index is 5.14. The van der Waals surface area contributed by atoms with Gasteiger partial charge in [-0.25, -0.2) is 0 Å². The zero-order chi connectivity index (χ0) is 16.1. The first kappa shape index (κ1) is 20.0. The van der Waals surface area contributed by atoms with Crippen molar-refractivity contribution in [2.75, 3.05) is 0 Å². The van der Waals surface area contributed by atoms with E-state index in [1.54, 1.807) is 0 Å². The normalized spacial score (nSPS) is 27.9. The Morgan fingerprint density at radius 3 is 2.29 bits per heavy atom. The second kappa shape index (κ2) is 8.71. The second-order valence-electron chi connectivity index (χ2n) is 7.72. The molecule has 0 bridgehead atoms. The maximum absolute atomic E-state index is 5.14. The van der Waals surface area contributed by atoms with E-state index in [1.165, 1.54) is 18.9 Å². The van der Waals surface area contributed by atoms with Gasteiger partial charge in [0.2, 0.25) is 0 Å². The van der Waals surface area contributed by atoms with Crippen LogP contribution >= 0.6 is 18.6 Å². The van der Waals surface area contributed by atoms with E-state index in [-0.39, 0.29) is 5.54 Å². The molecule has 3 unspecified atom stereocenters. The fraction of sp³-hybridized carbons (Fsp3) is 0.750. The average molecular weight is 381 g/mol. The van der Waals surface area contributed by atoms with Crippen molar-refractivity contribution in [2.24, 2.45) is 17.8 Å². The van der Waals surface area contributed by atoms with E-state index in [1.807, 2.05) is 0 Å². The van der Waals surface area contributed by atoms with Crippen molar-refractivity contribution in [3.63, 3.8) is 0 Å². The van der Waals surface area contributed by atoms with Crippen LogP contribution in [0.5, 0.6) is 0 Å². The van der Waals surface area contributed by atoms with Gasteiger partial charge in [-0.3, -0.25) is 0 Å². The molecule has 2 rings (SSSR count). The van der Waals surface area contributed by atoms with Crippen LogP contribution in [-0.2, 0) is 17.0 Å². The van der Waals surface area contributed by atoms with Gasteiger partial charge in [0.25, 0.3) is 0 Å². The zero-order valence-corrected chi connectivity index (χ0v) is 17.9. The molecule has 0 aromatic carbocycles. The third-order valence-electron chi connectivity index (χ3n) is 4.11. The van der Waals surface area contributed by atoms with Crippen LogP contribution in [0.4, 0.5) is 0 Å². The van der Waals surface area contributed by atoms with Crippen molar-refractivity contribution in [2.45, 2.75) is 58.3 Å². The first-order valence-electron chi connectivity index (χ1n) is 7.74. The Hall–Kier alpha value is 0.951. The molecular weight excluding hydrogens is 353 g/mol. The van der Waals surface area contributed by atoms with Gasteiger partial charge in [0.05, 0.1) is 0 Å². The third kappa shape index (κ3) is 7.37. The minimum atomic E-state index is -1.41. The molecule has 120 valence electrons. The van der Waals surface area contributed by atoms with Crippen LogP contribution in [0.15, 0.2) is 24.3 Å². The van der Waals surface area contributed by atoms with Gasteiger partial charge in [-0.05, 0) is 30.6 Å². The second-order valence-corrected chi connectivity index (χ2v) is 14.6. The molecule has 21 heavy (non-hydrogen) atoms. The molecule has 3 atom stereocenters. The van der Waals surface area contributed by atoms with E-state index in [0.29, 0.717) is 0 Å². The van der Waals surface area contributed by atoms with Gasteiger partial charge in [-0.1, -0.05) is 72.4 Å². The molecule has 0 aliphatic heterocycles. The molecule has 2 aliphatic rings. The van der Waals surface area contributed by atoms with Crippen molar-refractivity contribution in [3.8, 4) is 0 Å². The summed E-state index contributed by atoms with van der Waals surface area (Å²) >= 11 is -0.556. The van der Waals surface area contributed by atoms with Crippen molar-refractivity contribution in [3.05, 3.63) is 29.3 Å². The molecule has 0 aromatic heterocycles. The van der Waals surface area contributed by atoms with Gasteiger partial charge in [0, 0.05) is 0 Å². The summed E-state index contributed by atoms with van der Waals surface area (Å²) in [7, 11) is 8.36. The predicted octanol–water partition coefficient (Wildman–Crippen LogP) is 6.51. The molecule has 0 saturated heterocycles. The van der Waals surface area contributed by atoms with E-state index in [9.17, 15) is 0 Å². The van der Waals surface area contributed by atoms with Crippen molar-refractivity contribution in [1.29, 1.82) is 0 Å². The topological polar surface area (TPSA) is 14.1 Å². The molecule has 0 amide bonds. The van der Waals surface area contributed by atoms with Crippen LogP contribution in [0.1, 0.15) is 33.6 Å². The van der Waals surface area contributed by atoms with E-state index in [4.69, 9.17) is 23.6 Å². The van der Waals surface area contributed by atoms with Crippen molar-refractivity contribution < 1.29 is 17.0 Å². The van der Waals surface area contributed by atoms with Crippen LogP contribution in [0.3, 0.4) is 0 Å². The summed E-state index contributed by atoms with van der Waals surface area (Å²) in [6.45, 7) is 11.6. The van der Waals surface area contributed by atoms with Crippen LogP contribution in [0.25, 0.3) is 4.98 Å². The fourth-order valence-electron chi connectivity index (χ4n) is 3.90. The molecule has 1 nitrogen and oxygen atoms in total. The average Bonchev–Trinajstić information content (AvgIpc) is 2.70. The molecule has 0 aromatic rings. The Kier molecular flexibility index (Phi) is 8.29.